The van der Waals surface area contributed by atoms with E-state index in [1.54, 1.807) is 25.3 Å². The Morgan fingerprint density at radius 3 is 2.55 bits per heavy atom. The number of hydrogen-bond donors (Lipinski definition) is 1. The van der Waals surface area contributed by atoms with E-state index in [9.17, 15) is 27.9 Å². The van der Waals surface area contributed by atoms with E-state index in [1.807, 2.05) is 0 Å². The highest BCUT2D eigenvalue weighted by Crippen LogP contribution is 2.31. The Hall–Kier alpha value is -3.36. The molecule has 1 N–H and O–H groups in total. The molecule has 9 heteroatoms. The summed E-state index contributed by atoms with van der Waals surface area (Å²) in [6, 6.07) is 9.51. The molecule has 0 aliphatic carbocycles. The first-order valence-electron chi connectivity index (χ1n) is 8.64. The number of aromatic hydroxyl groups is 1. The molecule has 0 amide bonds. The van der Waals surface area contributed by atoms with Crippen LogP contribution in [0.3, 0.4) is 0 Å². The van der Waals surface area contributed by atoms with E-state index in [2.05, 4.69) is 4.98 Å². The summed E-state index contributed by atoms with van der Waals surface area (Å²) >= 11 is 0. The molecule has 0 bridgehead atoms. The van der Waals surface area contributed by atoms with Gasteiger partial charge in [-0.2, -0.15) is 13.2 Å². The van der Waals surface area contributed by atoms with Crippen LogP contribution in [-0.2, 0) is 22.6 Å². The third-order valence-electron chi connectivity index (χ3n) is 4.28. The van der Waals surface area contributed by atoms with Gasteiger partial charge in [0.1, 0.15) is 18.0 Å². The first-order chi connectivity index (χ1) is 13.6. The molecule has 3 aromatic rings. The Balaban J connectivity index is 1.76. The number of phenols is 1. The largest absolute Gasteiger partial charge is 0.508 e. The summed E-state index contributed by atoms with van der Waals surface area (Å²) in [5, 5.41) is 9.23. The molecule has 152 valence electrons. The highest BCUT2D eigenvalue weighted by molar-refractivity contribution is 5.73. The lowest BCUT2D eigenvalue weighted by Crippen LogP contribution is -2.34. The average molecular weight is 406 g/mol. The van der Waals surface area contributed by atoms with Crippen LogP contribution in [0.1, 0.15) is 16.8 Å². The predicted molar refractivity (Wildman–Crippen MR) is 97.4 cm³/mol. The maximum Gasteiger partial charge on any atom is 0.402 e. The van der Waals surface area contributed by atoms with Crippen LogP contribution in [0, 0.1) is 12.8 Å². The smallest absolute Gasteiger partial charge is 0.402 e. The van der Waals surface area contributed by atoms with Crippen molar-refractivity contribution in [1.82, 2.24) is 9.38 Å². The highest BCUT2D eigenvalue weighted by Gasteiger charge is 2.46. The van der Waals surface area contributed by atoms with Crippen molar-refractivity contribution in [1.29, 1.82) is 0 Å². The van der Waals surface area contributed by atoms with Crippen LogP contribution in [0.5, 0.6) is 5.75 Å². The van der Waals surface area contributed by atoms with Crippen molar-refractivity contribution < 1.29 is 27.8 Å². The lowest BCUT2D eigenvalue weighted by Gasteiger charge is -2.19. The van der Waals surface area contributed by atoms with Gasteiger partial charge in [-0.1, -0.05) is 18.2 Å². The van der Waals surface area contributed by atoms with Crippen molar-refractivity contribution in [3.63, 3.8) is 0 Å². The number of carbonyl (C=O) groups excluding carboxylic acids is 1. The Morgan fingerprint density at radius 2 is 1.90 bits per heavy atom. The number of benzene rings is 1. The van der Waals surface area contributed by atoms with Gasteiger partial charge in [0.2, 0.25) is 0 Å². The number of aryl methyl sites for hydroxylation is 1. The minimum Gasteiger partial charge on any atom is -0.508 e. The number of esters is 1. The van der Waals surface area contributed by atoms with Crippen LogP contribution in [0.25, 0.3) is 5.65 Å². The third kappa shape index (κ3) is 4.92. The molecule has 29 heavy (non-hydrogen) atoms. The normalized spacial score (nSPS) is 12.7. The number of phenolic OH excluding ortho intramolecular Hbond substituents is 1. The van der Waals surface area contributed by atoms with Crippen molar-refractivity contribution in [3.05, 3.63) is 75.8 Å². The van der Waals surface area contributed by atoms with Crippen molar-refractivity contribution in [3.8, 4) is 5.75 Å². The molecule has 0 saturated heterocycles. The van der Waals surface area contributed by atoms with Gasteiger partial charge in [0.15, 0.2) is 5.92 Å². The van der Waals surface area contributed by atoms with Crippen LogP contribution in [-0.4, -0.2) is 26.6 Å². The molecule has 1 atom stereocenters. The molecule has 0 aliphatic heterocycles. The second kappa shape index (κ2) is 7.94. The molecule has 3 rings (SSSR count). The molecule has 0 aliphatic rings. The van der Waals surface area contributed by atoms with Crippen LogP contribution >= 0.6 is 0 Å². The summed E-state index contributed by atoms with van der Waals surface area (Å²) in [5.74, 6) is -3.93. The number of halogens is 3. The Bertz CT molecular complexity index is 1090. The Labute approximate surface area is 163 Å². The zero-order valence-corrected chi connectivity index (χ0v) is 15.3. The molecule has 1 aromatic carbocycles. The fourth-order valence-corrected chi connectivity index (χ4v) is 2.78. The van der Waals surface area contributed by atoms with Crippen LogP contribution < -0.4 is 5.56 Å². The summed E-state index contributed by atoms with van der Waals surface area (Å²) in [6.07, 6.45) is -3.86. The number of carbonyl (C=O) groups is 1. The van der Waals surface area contributed by atoms with Gasteiger partial charge in [-0.05, 0) is 42.7 Å². The number of rotatable bonds is 5. The van der Waals surface area contributed by atoms with Crippen molar-refractivity contribution in [2.45, 2.75) is 26.1 Å². The number of alkyl halides is 3. The van der Waals surface area contributed by atoms with E-state index < -0.39 is 36.7 Å². The van der Waals surface area contributed by atoms with E-state index in [0.29, 0.717) is 5.65 Å². The van der Waals surface area contributed by atoms with Gasteiger partial charge in [0.05, 0.1) is 5.69 Å². The van der Waals surface area contributed by atoms with Crippen LogP contribution in [0.4, 0.5) is 13.2 Å². The standard InChI is InChI=1S/C20H17F3N2O4/c1-12-2-7-17-24-14(9-18(27)25(17)10-12)11-29-19(28)16(20(21,22)23)8-13-3-5-15(26)6-4-13/h2-7,9-10,16,26H,8,11H2,1H3. The molecule has 0 saturated carbocycles. The van der Waals surface area contributed by atoms with Crippen molar-refractivity contribution in [2.75, 3.05) is 0 Å². The summed E-state index contributed by atoms with van der Waals surface area (Å²) < 4.78 is 46.2. The topological polar surface area (TPSA) is 80.9 Å². The maximum absolute atomic E-state index is 13.4. The fourth-order valence-electron chi connectivity index (χ4n) is 2.78. The minimum atomic E-state index is -4.82. The van der Waals surface area contributed by atoms with E-state index in [1.165, 1.54) is 28.7 Å². The van der Waals surface area contributed by atoms with E-state index in [4.69, 9.17) is 4.74 Å². The maximum atomic E-state index is 13.4. The molecule has 0 fully saturated rings. The molecule has 0 spiro atoms. The molecule has 6 nitrogen and oxygen atoms in total. The number of hydrogen-bond acceptors (Lipinski definition) is 5. The summed E-state index contributed by atoms with van der Waals surface area (Å²) in [6.45, 7) is 1.24. The third-order valence-corrected chi connectivity index (χ3v) is 4.28. The van der Waals surface area contributed by atoms with Crippen molar-refractivity contribution in [2.24, 2.45) is 5.92 Å². The zero-order valence-electron chi connectivity index (χ0n) is 15.3. The van der Waals surface area contributed by atoms with E-state index in [-0.39, 0.29) is 17.0 Å². The fraction of sp³-hybridized carbons (Fsp3) is 0.250. The van der Waals surface area contributed by atoms with Crippen LogP contribution in [0.15, 0.2) is 53.5 Å². The highest BCUT2D eigenvalue weighted by atomic mass is 19.4. The number of nitrogens with zero attached hydrogens (tertiary/aromatic N) is 2. The quantitative estimate of drug-likeness (QED) is 0.659. The number of ether oxygens (including phenoxy) is 1. The minimum absolute atomic E-state index is 0.0535. The first kappa shape index (κ1) is 20.4. The molecule has 1 unspecified atom stereocenters. The average Bonchev–Trinajstić information content (AvgIpc) is 2.65. The lowest BCUT2D eigenvalue weighted by molar-refractivity contribution is -0.198. The van der Waals surface area contributed by atoms with E-state index in [0.717, 1.165) is 11.6 Å². The van der Waals surface area contributed by atoms with Gasteiger partial charge in [0.25, 0.3) is 5.56 Å². The number of aromatic nitrogens is 2. The lowest BCUT2D eigenvalue weighted by atomic mass is 9.99. The van der Waals surface area contributed by atoms with Gasteiger partial charge >= 0.3 is 12.1 Å². The molecule has 2 aromatic heterocycles. The number of pyridine rings is 1. The Morgan fingerprint density at radius 1 is 1.21 bits per heavy atom. The van der Waals surface area contributed by atoms with E-state index >= 15 is 0 Å². The summed E-state index contributed by atoms with van der Waals surface area (Å²) in [4.78, 5) is 28.4. The molecular weight excluding hydrogens is 389 g/mol. The monoisotopic (exact) mass is 406 g/mol. The van der Waals surface area contributed by atoms with Gasteiger partial charge in [0, 0.05) is 12.3 Å². The number of fused-ring (bicyclic) bond motifs is 1. The van der Waals surface area contributed by atoms with Crippen LogP contribution in [0.2, 0.25) is 0 Å². The van der Waals surface area contributed by atoms with Crippen molar-refractivity contribution >= 4 is 11.6 Å². The summed E-state index contributed by atoms with van der Waals surface area (Å²) in [7, 11) is 0. The Kier molecular flexibility index (Phi) is 5.58. The van der Waals surface area contributed by atoms with Gasteiger partial charge in [-0.3, -0.25) is 14.0 Å². The summed E-state index contributed by atoms with van der Waals surface area (Å²) in [5.41, 5.74) is 0.979. The van der Waals surface area contributed by atoms with Gasteiger partial charge in [-0.25, -0.2) is 4.98 Å². The molecule has 2 heterocycles. The second-order valence-corrected chi connectivity index (χ2v) is 6.59. The van der Waals surface area contributed by atoms with Gasteiger partial charge in [-0.15, -0.1) is 0 Å². The SMILES string of the molecule is Cc1ccc2nc(COC(=O)C(Cc3ccc(O)cc3)C(F)(F)F)cc(=O)n2c1. The predicted octanol–water partition coefficient (Wildman–Crippen LogP) is 3.17. The zero-order chi connectivity index (χ0) is 21.2. The molecular formula is C20H17F3N2O4. The molecule has 0 radical (unpaired) electrons. The first-order valence-corrected chi connectivity index (χ1v) is 8.64. The van der Waals surface area contributed by atoms with Gasteiger partial charge < -0.3 is 9.84 Å². The second-order valence-electron chi connectivity index (χ2n) is 6.59.